The summed E-state index contributed by atoms with van der Waals surface area (Å²) in [6.45, 7) is 12.6. The Labute approximate surface area is 206 Å². The molecule has 4 heterocycles. The Morgan fingerprint density at radius 3 is 2.42 bits per heavy atom. The predicted molar refractivity (Wildman–Crippen MR) is 134 cm³/mol. The number of nitrogens with one attached hydrogen (secondary N) is 2. The molecule has 0 bridgehead atoms. The van der Waals surface area contributed by atoms with Crippen LogP contribution < -0.4 is 5.32 Å². The smallest absolute Gasteiger partial charge is 0.270 e. The third kappa shape index (κ3) is 7.02. The Morgan fingerprint density at radius 2 is 1.76 bits per heavy atom. The fraction of sp³-hybridized carbons (Fsp3) is 0.609. The summed E-state index contributed by atoms with van der Waals surface area (Å²) in [5.41, 5.74) is 2.33. The van der Waals surface area contributed by atoms with Gasteiger partial charge in [-0.1, -0.05) is 0 Å². The maximum Gasteiger partial charge on any atom is 0.270 e. The molecule has 2 aromatic heterocycles. The van der Waals surface area contributed by atoms with E-state index >= 15 is 0 Å². The second-order valence-electron chi connectivity index (χ2n) is 9.78. The van der Waals surface area contributed by atoms with Gasteiger partial charge in [-0.05, 0) is 39.7 Å². The molecule has 2 fully saturated rings. The second-order valence-corrected chi connectivity index (χ2v) is 10.7. The van der Waals surface area contributed by atoms with E-state index in [1.807, 2.05) is 37.9 Å². The van der Waals surface area contributed by atoms with Crippen LogP contribution in [0, 0.1) is 0 Å². The highest BCUT2D eigenvalue weighted by Gasteiger charge is 2.23. The van der Waals surface area contributed by atoms with Crippen LogP contribution in [0.25, 0.3) is 11.3 Å². The monoisotopic (exact) mass is 494 g/mol. The highest BCUT2D eigenvalue weighted by molar-refractivity contribution is 7.09. The van der Waals surface area contributed by atoms with Crippen molar-refractivity contribution in [2.45, 2.75) is 45.7 Å². The standard InChI is InChI=1S/C23H34N6O2S.ClH/c1-23(2,3)26-20(30)14-27-8-10-28(11-9-27)15-21-25-19(16-32-21)17-12-18(24-13-17)22(31)29-6-4-5-7-29;/h12-13,16,24H,4-11,14-15H2,1-3H3,(H,26,30);1H. The number of hydrogen-bond acceptors (Lipinski definition) is 6. The van der Waals surface area contributed by atoms with E-state index in [9.17, 15) is 9.59 Å². The molecule has 2 aliphatic heterocycles. The Bertz CT molecular complexity index is 939. The number of likely N-dealkylation sites (tertiary alicyclic amines) is 1. The number of H-pyrrole nitrogens is 1. The number of rotatable bonds is 6. The first-order chi connectivity index (χ1) is 15.3. The summed E-state index contributed by atoms with van der Waals surface area (Å²) in [6.07, 6.45) is 4.06. The molecule has 0 aliphatic carbocycles. The van der Waals surface area contributed by atoms with Gasteiger partial charge in [0, 0.05) is 61.9 Å². The van der Waals surface area contributed by atoms with Crippen molar-refractivity contribution < 1.29 is 9.59 Å². The first kappa shape index (κ1) is 25.7. The molecule has 2 amide bonds. The SMILES string of the molecule is CC(C)(C)NC(=O)CN1CCN(Cc2nc(-c3c[nH]c(C(=O)N4CCCC4)c3)cs2)CC1.Cl. The van der Waals surface area contributed by atoms with Gasteiger partial charge >= 0.3 is 0 Å². The molecular weight excluding hydrogens is 460 g/mol. The van der Waals surface area contributed by atoms with Crippen LogP contribution in [0.5, 0.6) is 0 Å². The number of hydrogen-bond donors (Lipinski definition) is 2. The van der Waals surface area contributed by atoms with Gasteiger partial charge < -0.3 is 15.2 Å². The fourth-order valence-corrected chi connectivity index (χ4v) is 5.07. The normalized spacial score (nSPS) is 17.7. The van der Waals surface area contributed by atoms with Gasteiger partial charge in [-0.2, -0.15) is 0 Å². The van der Waals surface area contributed by atoms with Crippen LogP contribution in [-0.2, 0) is 11.3 Å². The molecule has 0 spiro atoms. The van der Waals surface area contributed by atoms with Crippen LogP contribution in [0.2, 0.25) is 0 Å². The molecule has 4 rings (SSSR count). The number of nitrogens with zero attached hydrogens (tertiary/aromatic N) is 4. The Hall–Kier alpha value is -1.94. The molecule has 0 saturated carbocycles. The lowest BCUT2D eigenvalue weighted by Gasteiger charge is -2.34. The lowest BCUT2D eigenvalue weighted by molar-refractivity contribution is -0.124. The average molecular weight is 495 g/mol. The van der Waals surface area contributed by atoms with Gasteiger partial charge in [-0.25, -0.2) is 4.98 Å². The number of aromatic amines is 1. The van der Waals surface area contributed by atoms with Crippen LogP contribution >= 0.6 is 23.7 Å². The summed E-state index contributed by atoms with van der Waals surface area (Å²) >= 11 is 1.66. The van der Waals surface area contributed by atoms with Crippen LogP contribution in [0.1, 0.15) is 49.1 Å². The summed E-state index contributed by atoms with van der Waals surface area (Å²) in [6, 6.07) is 1.92. The zero-order valence-corrected chi connectivity index (χ0v) is 21.4. The van der Waals surface area contributed by atoms with Crippen molar-refractivity contribution in [1.82, 2.24) is 30.0 Å². The number of halogens is 1. The largest absolute Gasteiger partial charge is 0.357 e. The number of aromatic nitrogens is 2. The fourth-order valence-electron chi connectivity index (χ4n) is 4.23. The zero-order valence-electron chi connectivity index (χ0n) is 19.7. The summed E-state index contributed by atoms with van der Waals surface area (Å²) in [5, 5.41) is 6.17. The minimum absolute atomic E-state index is 0. The van der Waals surface area contributed by atoms with Crippen molar-refractivity contribution in [1.29, 1.82) is 0 Å². The summed E-state index contributed by atoms with van der Waals surface area (Å²) in [7, 11) is 0. The molecule has 0 unspecified atom stereocenters. The summed E-state index contributed by atoms with van der Waals surface area (Å²) in [4.78, 5) is 39.2. The minimum Gasteiger partial charge on any atom is -0.357 e. The quantitative estimate of drug-likeness (QED) is 0.645. The number of carbonyl (C=O) groups is 2. The highest BCUT2D eigenvalue weighted by atomic mass is 35.5. The van der Waals surface area contributed by atoms with E-state index in [-0.39, 0.29) is 29.8 Å². The van der Waals surface area contributed by atoms with Crippen molar-refractivity contribution in [3.63, 3.8) is 0 Å². The maximum absolute atomic E-state index is 12.6. The second kappa shape index (κ2) is 11.0. The molecule has 0 atom stereocenters. The molecule has 33 heavy (non-hydrogen) atoms. The number of piperazine rings is 1. The third-order valence-corrected chi connectivity index (χ3v) is 6.69. The van der Waals surface area contributed by atoms with E-state index in [0.29, 0.717) is 12.2 Å². The number of thiazole rings is 1. The van der Waals surface area contributed by atoms with Gasteiger partial charge in [0.15, 0.2) is 0 Å². The first-order valence-electron chi connectivity index (χ1n) is 11.4. The molecular formula is C23H35ClN6O2S. The highest BCUT2D eigenvalue weighted by Crippen LogP contribution is 2.25. The Morgan fingerprint density at radius 1 is 1.09 bits per heavy atom. The lowest BCUT2D eigenvalue weighted by atomic mass is 10.1. The van der Waals surface area contributed by atoms with Crippen molar-refractivity contribution in [2.24, 2.45) is 0 Å². The van der Waals surface area contributed by atoms with Gasteiger partial charge in [0.05, 0.1) is 18.8 Å². The third-order valence-electron chi connectivity index (χ3n) is 5.86. The summed E-state index contributed by atoms with van der Waals surface area (Å²) in [5.74, 6) is 0.169. The summed E-state index contributed by atoms with van der Waals surface area (Å²) < 4.78 is 0. The van der Waals surface area contributed by atoms with Crippen LogP contribution in [0.4, 0.5) is 0 Å². The van der Waals surface area contributed by atoms with Crippen molar-refractivity contribution in [3.8, 4) is 11.3 Å². The van der Waals surface area contributed by atoms with Gasteiger partial charge in [0.25, 0.3) is 5.91 Å². The molecule has 0 aromatic carbocycles. The van der Waals surface area contributed by atoms with E-state index in [0.717, 1.165) is 74.9 Å². The Kier molecular flexibility index (Phi) is 8.55. The zero-order chi connectivity index (χ0) is 22.7. The van der Waals surface area contributed by atoms with E-state index in [1.54, 1.807) is 11.3 Å². The maximum atomic E-state index is 12.6. The van der Waals surface area contributed by atoms with Crippen molar-refractivity contribution in [3.05, 3.63) is 28.3 Å². The van der Waals surface area contributed by atoms with Gasteiger partial charge in [-0.3, -0.25) is 19.4 Å². The number of amides is 2. The van der Waals surface area contributed by atoms with E-state index in [4.69, 9.17) is 4.98 Å². The lowest BCUT2D eigenvalue weighted by Crippen LogP contribution is -2.51. The Balaban J connectivity index is 0.00000306. The topological polar surface area (TPSA) is 84.6 Å². The van der Waals surface area contributed by atoms with Gasteiger partial charge in [0.1, 0.15) is 10.7 Å². The van der Waals surface area contributed by atoms with E-state index < -0.39 is 0 Å². The van der Waals surface area contributed by atoms with E-state index in [2.05, 4.69) is 25.5 Å². The van der Waals surface area contributed by atoms with Gasteiger partial charge in [-0.15, -0.1) is 23.7 Å². The minimum atomic E-state index is -0.191. The molecule has 2 aromatic rings. The van der Waals surface area contributed by atoms with Gasteiger partial charge in [0.2, 0.25) is 5.91 Å². The number of carbonyl (C=O) groups excluding carboxylic acids is 2. The molecule has 10 heteroatoms. The van der Waals surface area contributed by atoms with Crippen molar-refractivity contribution in [2.75, 3.05) is 45.8 Å². The average Bonchev–Trinajstić information content (AvgIpc) is 3.49. The van der Waals surface area contributed by atoms with Crippen LogP contribution in [-0.4, -0.2) is 87.8 Å². The van der Waals surface area contributed by atoms with Crippen LogP contribution in [0.3, 0.4) is 0 Å². The molecule has 182 valence electrons. The molecule has 2 N–H and O–H groups in total. The van der Waals surface area contributed by atoms with E-state index in [1.165, 1.54) is 0 Å². The van der Waals surface area contributed by atoms with Crippen LogP contribution in [0.15, 0.2) is 17.6 Å². The molecule has 0 radical (unpaired) electrons. The van der Waals surface area contributed by atoms with Crippen molar-refractivity contribution >= 4 is 35.6 Å². The predicted octanol–water partition coefficient (Wildman–Crippen LogP) is 2.83. The molecule has 8 nitrogen and oxygen atoms in total. The molecule has 2 aliphatic rings. The molecule has 2 saturated heterocycles. The first-order valence-corrected chi connectivity index (χ1v) is 12.3.